The van der Waals surface area contributed by atoms with E-state index in [2.05, 4.69) is 5.32 Å². The second-order valence-corrected chi connectivity index (χ2v) is 8.76. The van der Waals surface area contributed by atoms with Crippen molar-refractivity contribution in [1.29, 1.82) is 0 Å². The standard InChI is InChI=1S/C22H20N2O4S2/c1-24-16(12-27-13-20(24)25)10-14-2-6-17(7-3-14)28-18-8-4-15(5-9-18)11-19-21(26)23-22(29)30-19/h2-9,11,16H,10,12-13H2,1H3,(H,23,26,29)/b19-11-. The molecule has 2 amide bonds. The van der Waals surface area contributed by atoms with E-state index in [1.165, 1.54) is 11.8 Å². The van der Waals surface area contributed by atoms with E-state index in [4.69, 9.17) is 21.7 Å². The highest BCUT2D eigenvalue weighted by atomic mass is 32.2. The average Bonchev–Trinajstić information content (AvgIpc) is 3.05. The number of likely N-dealkylation sites (N-methyl/N-ethyl adjacent to an activating group) is 1. The molecule has 1 atom stereocenters. The number of amides is 2. The highest BCUT2D eigenvalue weighted by Crippen LogP contribution is 2.27. The number of benzene rings is 2. The molecule has 8 heteroatoms. The Bertz CT molecular complexity index is 1000. The number of morpholine rings is 1. The first-order valence-corrected chi connectivity index (χ1v) is 10.7. The molecule has 2 aliphatic heterocycles. The minimum atomic E-state index is -0.166. The van der Waals surface area contributed by atoms with Gasteiger partial charge in [0.1, 0.15) is 22.4 Å². The summed E-state index contributed by atoms with van der Waals surface area (Å²) in [5.41, 5.74) is 2.01. The van der Waals surface area contributed by atoms with Crippen LogP contribution in [0.3, 0.4) is 0 Å². The number of carbonyl (C=O) groups is 2. The molecule has 4 rings (SSSR count). The molecular formula is C22H20N2O4S2. The van der Waals surface area contributed by atoms with Crippen LogP contribution in [0.15, 0.2) is 53.4 Å². The Labute approximate surface area is 184 Å². The van der Waals surface area contributed by atoms with E-state index in [1.54, 1.807) is 11.0 Å². The van der Waals surface area contributed by atoms with Gasteiger partial charge in [-0.3, -0.25) is 9.59 Å². The van der Waals surface area contributed by atoms with Crippen LogP contribution in [0.2, 0.25) is 0 Å². The van der Waals surface area contributed by atoms with Crippen molar-refractivity contribution in [1.82, 2.24) is 10.2 Å². The van der Waals surface area contributed by atoms with Crippen LogP contribution in [0, 0.1) is 0 Å². The van der Waals surface area contributed by atoms with E-state index in [-0.39, 0.29) is 24.5 Å². The summed E-state index contributed by atoms with van der Waals surface area (Å²) in [5.74, 6) is 1.28. The Morgan fingerprint density at radius 3 is 2.47 bits per heavy atom. The fraction of sp³-hybridized carbons (Fsp3) is 0.227. The molecule has 2 heterocycles. The van der Waals surface area contributed by atoms with Crippen molar-refractivity contribution in [2.24, 2.45) is 0 Å². The number of thiocarbonyl (C=S) groups is 1. The number of hydrogen-bond acceptors (Lipinski definition) is 6. The van der Waals surface area contributed by atoms with Gasteiger partial charge in [0.25, 0.3) is 5.91 Å². The lowest BCUT2D eigenvalue weighted by Crippen LogP contribution is -2.47. The third-order valence-electron chi connectivity index (χ3n) is 4.93. The Morgan fingerprint density at radius 2 is 1.83 bits per heavy atom. The Morgan fingerprint density at radius 1 is 1.17 bits per heavy atom. The molecule has 0 saturated carbocycles. The van der Waals surface area contributed by atoms with Gasteiger partial charge in [-0.25, -0.2) is 0 Å². The van der Waals surface area contributed by atoms with Gasteiger partial charge < -0.3 is 19.7 Å². The lowest BCUT2D eigenvalue weighted by molar-refractivity contribution is -0.145. The highest BCUT2D eigenvalue weighted by Gasteiger charge is 2.25. The number of nitrogens with one attached hydrogen (secondary N) is 1. The molecule has 2 aliphatic rings. The van der Waals surface area contributed by atoms with Crippen LogP contribution in [-0.2, 0) is 20.7 Å². The van der Waals surface area contributed by atoms with Gasteiger partial charge in [-0.1, -0.05) is 48.2 Å². The summed E-state index contributed by atoms with van der Waals surface area (Å²) in [5, 5.41) is 2.60. The lowest BCUT2D eigenvalue weighted by atomic mass is 10.0. The Hall–Kier alpha value is -2.68. The molecule has 0 spiro atoms. The molecule has 0 radical (unpaired) electrons. The van der Waals surface area contributed by atoms with Gasteiger partial charge in [-0.15, -0.1) is 0 Å². The zero-order valence-corrected chi connectivity index (χ0v) is 17.9. The van der Waals surface area contributed by atoms with Crippen LogP contribution in [0.1, 0.15) is 11.1 Å². The van der Waals surface area contributed by atoms with Gasteiger partial charge in [-0.2, -0.15) is 0 Å². The topological polar surface area (TPSA) is 67.9 Å². The summed E-state index contributed by atoms with van der Waals surface area (Å²) in [6.45, 7) is 0.712. The molecule has 2 saturated heterocycles. The molecule has 0 aliphatic carbocycles. The minimum absolute atomic E-state index is 0.0140. The van der Waals surface area contributed by atoms with Crippen molar-refractivity contribution >= 4 is 46.2 Å². The molecule has 2 aromatic carbocycles. The molecule has 6 nitrogen and oxygen atoms in total. The molecule has 2 fully saturated rings. The molecule has 2 aromatic rings. The quantitative estimate of drug-likeness (QED) is 0.568. The number of ether oxygens (including phenoxy) is 2. The van der Waals surface area contributed by atoms with Gasteiger partial charge in [0, 0.05) is 7.05 Å². The zero-order valence-electron chi connectivity index (χ0n) is 16.3. The van der Waals surface area contributed by atoms with Gasteiger partial charge in [-0.05, 0) is 47.9 Å². The first-order valence-electron chi connectivity index (χ1n) is 9.43. The third-order valence-corrected chi connectivity index (χ3v) is 6.09. The average molecular weight is 441 g/mol. The molecule has 1 unspecified atom stereocenters. The van der Waals surface area contributed by atoms with E-state index in [0.29, 0.717) is 21.6 Å². The number of thioether (sulfide) groups is 1. The SMILES string of the molecule is CN1C(=O)COCC1Cc1ccc(Oc2ccc(/C=C3\SC(=S)NC3=O)cc2)cc1. The number of hydrogen-bond donors (Lipinski definition) is 1. The fourth-order valence-corrected chi connectivity index (χ4v) is 4.25. The number of rotatable bonds is 5. The monoisotopic (exact) mass is 440 g/mol. The first-order chi connectivity index (χ1) is 14.5. The Balaban J connectivity index is 1.36. The van der Waals surface area contributed by atoms with Crippen molar-refractivity contribution in [3.63, 3.8) is 0 Å². The number of carbonyl (C=O) groups excluding carboxylic acids is 2. The van der Waals surface area contributed by atoms with Crippen molar-refractivity contribution < 1.29 is 19.1 Å². The van der Waals surface area contributed by atoms with Gasteiger partial charge >= 0.3 is 0 Å². The third kappa shape index (κ3) is 4.89. The normalized spacial score (nSPS) is 20.6. The molecule has 0 bridgehead atoms. The summed E-state index contributed by atoms with van der Waals surface area (Å²) in [4.78, 5) is 25.8. The second-order valence-electron chi connectivity index (χ2n) is 7.04. The van der Waals surface area contributed by atoms with E-state index < -0.39 is 0 Å². The Kier molecular flexibility index (Phi) is 6.17. The summed E-state index contributed by atoms with van der Waals surface area (Å²) in [6.07, 6.45) is 2.54. The fourth-order valence-electron chi connectivity index (χ4n) is 3.20. The van der Waals surface area contributed by atoms with E-state index in [1.807, 2.05) is 55.6 Å². The van der Waals surface area contributed by atoms with Crippen LogP contribution >= 0.6 is 24.0 Å². The van der Waals surface area contributed by atoms with Crippen LogP contribution in [-0.4, -0.2) is 47.3 Å². The maximum Gasteiger partial charge on any atom is 0.263 e. The summed E-state index contributed by atoms with van der Waals surface area (Å²) < 4.78 is 11.7. The van der Waals surface area contributed by atoms with E-state index in [0.717, 1.165) is 23.3 Å². The number of nitrogens with zero attached hydrogens (tertiary/aromatic N) is 1. The summed E-state index contributed by atoms with van der Waals surface area (Å²) in [7, 11) is 1.82. The van der Waals surface area contributed by atoms with Crippen molar-refractivity contribution in [2.45, 2.75) is 12.5 Å². The van der Waals surface area contributed by atoms with Crippen molar-refractivity contribution in [2.75, 3.05) is 20.3 Å². The smallest absolute Gasteiger partial charge is 0.263 e. The first kappa shape index (κ1) is 20.6. The molecule has 0 aromatic heterocycles. The summed E-state index contributed by atoms with van der Waals surface area (Å²) >= 11 is 6.26. The molecule has 1 N–H and O–H groups in total. The van der Waals surface area contributed by atoms with E-state index in [9.17, 15) is 9.59 Å². The highest BCUT2D eigenvalue weighted by molar-refractivity contribution is 8.26. The molecule has 154 valence electrons. The maximum absolute atomic E-state index is 11.8. The van der Waals surface area contributed by atoms with Gasteiger partial charge in [0.2, 0.25) is 5.91 Å². The largest absolute Gasteiger partial charge is 0.457 e. The molecule has 30 heavy (non-hydrogen) atoms. The summed E-state index contributed by atoms with van der Waals surface area (Å²) in [6, 6.07) is 15.4. The van der Waals surface area contributed by atoms with Crippen molar-refractivity contribution in [3.05, 3.63) is 64.6 Å². The predicted molar refractivity (Wildman–Crippen MR) is 120 cm³/mol. The van der Waals surface area contributed by atoms with E-state index >= 15 is 0 Å². The van der Waals surface area contributed by atoms with Gasteiger partial charge in [0.05, 0.1) is 17.6 Å². The van der Waals surface area contributed by atoms with Gasteiger partial charge in [0.15, 0.2) is 0 Å². The van der Waals surface area contributed by atoms with Crippen molar-refractivity contribution in [3.8, 4) is 11.5 Å². The predicted octanol–water partition coefficient (Wildman–Crippen LogP) is 3.37. The molecular weight excluding hydrogens is 420 g/mol. The van der Waals surface area contributed by atoms with Crippen LogP contribution in [0.5, 0.6) is 11.5 Å². The maximum atomic E-state index is 11.8. The van der Waals surface area contributed by atoms with Crippen LogP contribution in [0.25, 0.3) is 6.08 Å². The van der Waals surface area contributed by atoms with Crippen LogP contribution < -0.4 is 10.1 Å². The lowest BCUT2D eigenvalue weighted by Gasteiger charge is -2.32. The minimum Gasteiger partial charge on any atom is -0.457 e. The second kappa shape index (κ2) is 8.99. The zero-order chi connectivity index (χ0) is 21.1. The van der Waals surface area contributed by atoms with Crippen LogP contribution in [0.4, 0.5) is 0 Å².